The molecule has 0 unspecified atom stereocenters. The van der Waals surface area contributed by atoms with E-state index in [9.17, 15) is 9.90 Å². The number of carbonyl (C=O) groups is 1. The molecule has 1 aromatic rings. The average molecular weight is 309 g/mol. The number of likely N-dealkylation sites (tertiary alicyclic amines) is 1. The van der Waals surface area contributed by atoms with Crippen LogP contribution in [0.5, 0.6) is 0 Å². The number of hydrogen-bond acceptors (Lipinski definition) is 6. The van der Waals surface area contributed by atoms with Crippen LogP contribution in [0.4, 0.5) is 0 Å². The van der Waals surface area contributed by atoms with Gasteiger partial charge in [-0.2, -0.15) is 0 Å². The lowest BCUT2D eigenvalue weighted by Gasteiger charge is -2.39. The second kappa shape index (κ2) is 6.72. The number of nitrogens with zero attached hydrogens (tertiary/aromatic N) is 5. The van der Waals surface area contributed by atoms with E-state index in [0.717, 1.165) is 19.4 Å². The van der Waals surface area contributed by atoms with Gasteiger partial charge in [-0.3, -0.25) is 9.69 Å². The molecule has 1 atom stereocenters. The Balaban J connectivity index is 1.54. The molecule has 1 N–H and O–H groups in total. The van der Waals surface area contributed by atoms with E-state index in [0.29, 0.717) is 45.9 Å². The molecule has 8 heteroatoms. The van der Waals surface area contributed by atoms with E-state index >= 15 is 0 Å². The first-order valence-electron chi connectivity index (χ1n) is 7.79. The van der Waals surface area contributed by atoms with E-state index in [2.05, 4.69) is 10.3 Å². The summed E-state index contributed by atoms with van der Waals surface area (Å²) in [7, 11) is 0. The molecule has 2 saturated heterocycles. The maximum atomic E-state index is 12.3. The monoisotopic (exact) mass is 309 g/mol. The SMILES string of the molecule is O=C(CN1CCC[C@](O)(Cn2ccnn2)C1)N1CCOCC1. The highest BCUT2D eigenvalue weighted by molar-refractivity contribution is 5.78. The normalized spacial score (nSPS) is 27.0. The van der Waals surface area contributed by atoms with Crippen LogP contribution in [0.3, 0.4) is 0 Å². The number of aromatic nitrogens is 3. The van der Waals surface area contributed by atoms with Crippen molar-refractivity contribution >= 4 is 5.91 Å². The largest absolute Gasteiger partial charge is 0.387 e. The molecule has 8 nitrogen and oxygen atoms in total. The van der Waals surface area contributed by atoms with Crippen LogP contribution in [-0.2, 0) is 16.1 Å². The standard InChI is InChI=1S/C14H23N5O3/c20-13(18-6-8-22-9-7-18)10-17-4-1-2-14(21,11-17)12-19-5-3-15-16-19/h3,5,21H,1-2,4,6-12H2/t14-/m1/s1. The number of ether oxygens (including phenoxy) is 1. The molecule has 0 spiro atoms. The number of piperidine rings is 1. The van der Waals surface area contributed by atoms with Crippen LogP contribution < -0.4 is 0 Å². The molecule has 0 aromatic carbocycles. The minimum Gasteiger partial charge on any atom is -0.387 e. The third-order valence-electron chi connectivity index (χ3n) is 4.29. The quantitative estimate of drug-likeness (QED) is 0.765. The van der Waals surface area contributed by atoms with Gasteiger partial charge in [0.15, 0.2) is 0 Å². The smallest absolute Gasteiger partial charge is 0.236 e. The van der Waals surface area contributed by atoms with Crippen molar-refractivity contribution in [2.45, 2.75) is 25.0 Å². The Morgan fingerprint density at radius 1 is 1.32 bits per heavy atom. The molecule has 22 heavy (non-hydrogen) atoms. The van der Waals surface area contributed by atoms with E-state index in [1.807, 2.05) is 9.80 Å². The maximum Gasteiger partial charge on any atom is 0.236 e. The van der Waals surface area contributed by atoms with Gasteiger partial charge >= 0.3 is 0 Å². The van der Waals surface area contributed by atoms with Gasteiger partial charge in [0.05, 0.1) is 38.1 Å². The number of carbonyl (C=O) groups excluding carboxylic acids is 1. The van der Waals surface area contributed by atoms with Gasteiger partial charge in [0.25, 0.3) is 0 Å². The van der Waals surface area contributed by atoms with Crippen LogP contribution in [0.25, 0.3) is 0 Å². The van der Waals surface area contributed by atoms with Gasteiger partial charge in [-0.25, -0.2) is 4.68 Å². The second-order valence-electron chi connectivity index (χ2n) is 6.13. The van der Waals surface area contributed by atoms with Crippen molar-refractivity contribution in [2.24, 2.45) is 0 Å². The lowest BCUT2D eigenvalue weighted by molar-refractivity contribution is -0.138. The minimum atomic E-state index is -0.850. The van der Waals surface area contributed by atoms with Crippen molar-refractivity contribution in [1.82, 2.24) is 24.8 Å². The molecule has 1 aromatic heterocycles. The molecule has 0 saturated carbocycles. The molecule has 1 amide bonds. The van der Waals surface area contributed by atoms with Crippen LogP contribution in [0, 0.1) is 0 Å². The summed E-state index contributed by atoms with van der Waals surface area (Å²) in [6.07, 6.45) is 4.94. The molecule has 0 aliphatic carbocycles. The second-order valence-corrected chi connectivity index (χ2v) is 6.13. The number of amides is 1. The van der Waals surface area contributed by atoms with Crippen LogP contribution in [0.2, 0.25) is 0 Å². The maximum absolute atomic E-state index is 12.3. The summed E-state index contributed by atoms with van der Waals surface area (Å²) >= 11 is 0. The van der Waals surface area contributed by atoms with Gasteiger partial charge < -0.3 is 14.7 Å². The summed E-state index contributed by atoms with van der Waals surface area (Å²) < 4.78 is 6.91. The molecule has 0 radical (unpaired) electrons. The number of β-amino-alcohol motifs (C(OH)–C–C–N with tert-alkyl or cyclic N) is 1. The summed E-state index contributed by atoms with van der Waals surface area (Å²) in [6.45, 7) is 4.66. The van der Waals surface area contributed by atoms with E-state index < -0.39 is 5.60 Å². The average Bonchev–Trinajstić information content (AvgIpc) is 3.00. The highest BCUT2D eigenvalue weighted by Crippen LogP contribution is 2.22. The molecule has 2 fully saturated rings. The fourth-order valence-corrected chi connectivity index (χ4v) is 3.19. The molecule has 122 valence electrons. The molecule has 3 heterocycles. The number of morpholine rings is 1. The predicted molar refractivity (Wildman–Crippen MR) is 78.0 cm³/mol. The zero-order chi connectivity index (χ0) is 15.4. The Morgan fingerprint density at radius 2 is 2.14 bits per heavy atom. The zero-order valence-corrected chi connectivity index (χ0v) is 12.7. The number of aliphatic hydroxyl groups is 1. The minimum absolute atomic E-state index is 0.119. The zero-order valence-electron chi connectivity index (χ0n) is 12.7. The highest BCUT2D eigenvalue weighted by Gasteiger charge is 2.35. The molecular weight excluding hydrogens is 286 g/mol. The summed E-state index contributed by atoms with van der Waals surface area (Å²) in [5.74, 6) is 0.119. The van der Waals surface area contributed by atoms with Crippen molar-refractivity contribution in [3.63, 3.8) is 0 Å². The first-order chi connectivity index (χ1) is 10.6. The van der Waals surface area contributed by atoms with Gasteiger partial charge in [-0.05, 0) is 19.4 Å². The fraction of sp³-hybridized carbons (Fsp3) is 0.786. The Bertz CT molecular complexity index is 489. The van der Waals surface area contributed by atoms with Crippen LogP contribution in [-0.4, -0.2) is 87.3 Å². The van der Waals surface area contributed by atoms with Gasteiger partial charge in [-0.15, -0.1) is 5.10 Å². The topological polar surface area (TPSA) is 83.7 Å². The lowest BCUT2D eigenvalue weighted by atomic mass is 9.93. The van der Waals surface area contributed by atoms with Crippen LogP contribution >= 0.6 is 0 Å². The highest BCUT2D eigenvalue weighted by atomic mass is 16.5. The van der Waals surface area contributed by atoms with E-state index in [1.165, 1.54) is 0 Å². The van der Waals surface area contributed by atoms with Gasteiger partial charge in [0.2, 0.25) is 5.91 Å². The Labute approximate surface area is 129 Å². The van der Waals surface area contributed by atoms with Crippen LogP contribution in [0.1, 0.15) is 12.8 Å². The van der Waals surface area contributed by atoms with Crippen molar-refractivity contribution in [3.8, 4) is 0 Å². The summed E-state index contributed by atoms with van der Waals surface area (Å²) in [5, 5.41) is 18.4. The molecule has 3 rings (SSSR count). The predicted octanol–water partition coefficient (Wildman–Crippen LogP) is -1.04. The summed E-state index contributed by atoms with van der Waals surface area (Å²) in [6, 6.07) is 0. The Kier molecular flexibility index (Phi) is 4.70. The van der Waals surface area contributed by atoms with E-state index in [4.69, 9.17) is 4.74 Å². The third kappa shape index (κ3) is 3.82. The van der Waals surface area contributed by atoms with Crippen molar-refractivity contribution in [1.29, 1.82) is 0 Å². The van der Waals surface area contributed by atoms with E-state index in [-0.39, 0.29) is 5.91 Å². The molecular formula is C14H23N5O3. The summed E-state index contributed by atoms with van der Waals surface area (Å²) in [4.78, 5) is 16.2. The molecule has 0 bridgehead atoms. The first-order valence-corrected chi connectivity index (χ1v) is 7.79. The lowest BCUT2D eigenvalue weighted by Crippen LogP contribution is -2.54. The van der Waals surface area contributed by atoms with Crippen molar-refractivity contribution in [3.05, 3.63) is 12.4 Å². The molecule has 2 aliphatic rings. The van der Waals surface area contributed by atoms with Gasteiger partial charge in [-0.1, -0.05) is 5.21 Å². The van der Waals surface area contributed by atoms with Gasteiger partial charge in [0.1, 0.15) is 0 Å². The number of rotatable bonds is 4. The third-order valence-corrected chi connectivity index (χ3v) is 4.29. The summed E-state index contributed by atoms with van der Waals surface area (Å²) in [5.41, 5.74) is -0.850. The van der Waals surface area contributed by atoms with E-state index in [1.54, 1.807) is 17.1 Å². The number of hydrogen-bond donors (Lipinski definition) is 1. The Morgan fingerprint density at radius 3 is 2.86 bits per heavy atom. The van der Waals surface area contributed by atoms with Gasteiger partial charge in [0, 0.05) is 25.8 Å². The van der Waals surface area contributed by atoms with Crippen molar-refractivity contribution in [2.75, 3.05) is 45.9 Å². The Hall–Kier alpha value is -1.51. The fourth-order valence-electron chi connectivity index (χ4n) is 3.19. The van der Waals surface area contributed by atoms with Crippen molar-refractivity contribution < 1.29 is 14.6 Å². The molecule has 2 aliphatic heterocycles. The van der Waals surface area contributed by atoms with Crippen LogP contribution in [0.15, 0.2) is 12.4 Å². The first kappa shape index (κ1) is 15.4.